The minimum atomic E-state index is -0.0657. The lowest BCUT2D eigenvalue weighted by atomic mass is 10.1. The van der Waals surface area contributed by atoms with Gasteiger partial charge in [-0.15, -0.1) is 0 Å². The van der Waals surface area contributed by atoms with Crippen molar-refractivity contribution in [3.63, 3.8) is 0 Å². The zero-order chi connectivity index (χ0) is 16.5. The van der Waals surface area contributed by atoms with Crippen molar-refractivity contribution in [2.24, 2.45) is 0 Å². The maximum atomic E-state index is 12.3. The Morgan fingerprint density at radius 1 is 1.17 bits per heavy atom. The molecule has 4 rings (SSSR count). The molecule has 2 aromatic carbocycles. The van der Waals surface area contributed by atoms with E-state index >= 15 is 0 Å². The first kappa shape index (κ1) is 14.5. The summed E-state index contributed by atoms with van der Waals surface area (Å²) in [6, 6.07) is 13.7. The Kier molecular flexibility index (Phi) is 3.54. The van der Waals surface area contributed by atoms with Crippen LogP contribution in [0.2, 0.25) is 0 Å². The third kappa shape index (κ3) is 2.65. The predicted octanol–water partition coefficient (Wildman–Crippen LogP) is 3.33. The maximum absolute atomic E-state index is 12.3. The fourth-order valence-corrected chi connectivity index (χ4v) is 3.03. The van der Waals surface area contributed by atoms with Crippen LogP contribution in [-0.2, 0) is 6.42 Å². The highest BCUT2D eigenvalue weighted by Gasteiger charge is 2.09. The van der Waals surface area contributed by atoms with Crippen molar-refractivity contribution in [3.05, 3.63) is 65.6 Å². The molecule has 1 amide bonds. The molecule has 0 aliphatic rings. The van der Waals surface area contributed by atoms with E-state index in [0.29, 0.717) is 12.1 Å². The van der Waals surface area contributed by atoms with E-state index in [4.69, 9.17) is 0 Å². The van der Waals surface area contributed by atoms with Gasteiger partial charge in [0.05, 0.1) is 11.0 Å². The number of H-pyrrole nitrogens is 2. The molecule has 0 fully saturated rings. The van der Waals surface area contributed by atoms with Gasteiger partial charge in [0.25, 0.3) is 5.91 Å². The number of rotatable bonds is 4. The molecule has 0 unspecified atom stereocenters. The van der Waals surface area contributed by atoms with Gasteiger partial charge < -0.3 is 15.3 Å². The van der Waals surface area contributed by atoms with Crippen LogP contribution in [0.1, 0.15) is 21.7 Å². The molecule has 120 valence electrons. The number of imidazole rings is 1. The van der Waals surface area contributed by atoms with Gasteiger partial charge in [0.1, 0.15) is 5.82 Å². The van der Waals surface area contributed by atoms with Gasteiger partial charge in [0, 0.05) is 29.2 Å². The average Bonchev–Trinajstić information content (AvgIpc) is 3.16. The van der Waals surface area contributed by atoms with Gasteiger partial charge in [-0.05, 0) is 43.2 Å². The van der Waals surface area contributed by atoms with Gasteiger partial charge in [-0.3, -0.25) is 4.79 Å². The van der Waals surface area contributed by atoms with E-state index in [-0.39, 0.29) is 5.91 Å². The molecule has 5 heteroatoms. The Bertz CT molecular complexity index is 1030. The first-order valence-electron chi connectivity index (χ1n) is 8.00. The molecule has 2 heterocycles. The number of nitrogens with zero attached hydrogens (tertiary/aromatic N) is 1. The molecular formula is C19H18N4O. The normalized spacial score (nSPS) is 11.2. The summed E-state index contributed by atoms with van der Waals surface area (Å²) in [6.07, 6.45) is 2.80. The number of hydrogen-bond donors (Lipinski definition) is 3. The Balaban J connectivity index is 1.44. The number of para-hydroxylation sites is 1. The molecule has 2 aromatic heterocycles. The van der Waals surface area contributed by atoms with Crippen LogP contribution in [0, 0.1) is 6.92 Å². The molecule has 0 radical (unpaired) electrons. The molecule has 0 aliphatic carbocycles. The van der Waals surface area contributed by atoms with Gasteiger partial charge >= 0.3 is 0 Å². The molecule has 0 atom stereocenters. The topological polar surface area (TPSA) is 73.6 Å². The van der Waals surface area contributed by atoms with Crippen LogP contribution in [0.25, 0.3) is 21.9 Å². The Labute approximate surface area is 139 Å². The molecular weight excluding hydrogens is 300 g/mol. The highest BCUT2D eigenvalue weighted by molar-refractivity contribution is 5.97. The first-order valence-corrected chi connectivity index (χ1v) is 8.00. The number of aromatic amines is 2. The van der Waals surface area contributed by atoms with Crippen LogP contribution in [-0.4, -0.2) is 27.4 Å². The van der Waals surface area contributed by atoms with Gasteiger partial charge in [-0.25, -0.2) is 4.98 Å². The number of hydrogen-bond acceptors (Lipinski definition) is 2. The summed E-state index contributed by atoms with van der Waals surface area (Å²) in [5.74, 6) is 0.783. The Morgan fingerprint density at radius 2 is 2.04 bits per heavy atom. The van der Waals surface area contributed by atoms with Crippen LogP contribution in [0.3, 0.4) is 0 Å². The van der Waals surface area contributed by atoms with E-state index in [1.807, 2.05) is 43.5 Å². The van der Waals surface area contributed by atoms with Crippen molar-refractivity contribution in [2.45, 2.75) is 13.3 Å². The molecule has 5 nitrogen and oxygen atoms in total. The maximum Gasteiger partial charge on any atom is 0.251 e. The van der Waals surface area contributed by atoms with E-state index < -0.39 is 0 Å². The lowest BCUT2D eigenvalue weighted by Gasteiger charge is -2.05. The van der Waals surface area contributed by atoms with Gasteiger partial charge in [0.15, 0.2) is 0 Å². The minimum Gasteiger partial charge on any atom is -0.361 e. The lowest BCUT2D eigenvalue weighted by molar-refractivity contribution is 0.0954. The van der Waals surface area contributed by atoms with E-state index in [9.17, 15) is 4.79 Å². The standard InChI is InChI=1S/C19H18N4O/c1-12-22-17-7-6-13(10-18(17)23-12)19(24)20-9-8-14-11-21-16-5-3-2-4-15(14)16/h2-7,10-11,21H,8-9H2,1H3,(H,20,24)(H,22,23). The first-order chi connectivity index (χ1) is 11.7. The van der Waals surface area contributed by atoms with Crippen LogP contribution >= 0.6 is 0 Å². The fourth-order valence-electron chi connectivity index (χ4n) is 3.03. The molecule has 3 N–H and O–H groups in total. The summed E-state index contributed by atoms with van der Waals surface area (Å²) in [6.45, 7) is 2.50. The summed E-state index contributed by atoms with van der Waals surface area (Å²) in [5, 5.41) is 4.20. The predicted molar refractivity (Wildman–Crippen MR) is 95.2 cm³/mol. The van der Waals surface area contributed by atoms with Gasteiger partial charge in [-0.1, -0.05) is 18.2 Å². The van der Waals surface area contributed by atoms with Crippen LogP contribution in [0.4, 0.5) is 0 Å². The molecule has 0 saturated carbocycles. The third-order valence-corrected chi connectivity index (χ3v) is 4.22. The van der Waals surface area contributed by atoms with Crippen molar-refractivity contribution in [2.75, 3.05) is 6.54 Å². The van der Waals surface area contributed by atoms with Crippen LogP contribution < -0.4 is 5.32 Å². The van der Waals surface area contributed by atoms with Crippen molar-refractivity contribution < 1.29 is 4.79 Å². The highest BCUT2D eigenvalue weighted by Crippen LogP contribution is 2.18. The largest absolute Gasteiger partial charge is 0.361 e. The van der Waals surface area contributed by atoms with Crippen molar-refractivity contribution in [3.8, 4) is 0 Å². The smallest absolute Gasteiger partial charge is 0.251 e. The Morgan fingerprint density at radius 3 is 2.96 bits per heavy atom. The SMILES string of the molecule is Cc1nc2ccc(C(=O)NCCc3c[nH]c4ccccc34)cc2[nH]1. The summed E-state index contributed by atoms with van der Waals surface area (Å²) >= 11 is 0. The summed E-state index contributed by atoms with van der Waals surface area (Å²) in [4.78, 5) is 23.1. The van der Waals surface area contributed by atoms with Gasteiger partial charge in [0.2, 0.25) is 0 Å². The van der Waals surface area contributed by atoms with Gasteiger partial charge in [-0.2, -0.15) is 0 Å². The molecule has 4 aromatic rings. The average molecular weight is 318 g/mol. The van der Waals surface area contributed by atoms with Crippen molar-refractivity contribution in [1.29, 1.82) is 0 Å². The summed E-state index contributed by atoms with van der Waals surface area (Å²) < 4.78 is 0. The second-order valence-corrected chi connectivity index (χ2v) is 5.92. The number of aromatic nitrogens is 3. The van der Waals surface area contributed by atoms with E-state index in [2.05, 4.69) is 32.4 Å². The zero-order valence-electron chi connectivity index (χ0n) is 13.4. The molecule has 0 saturated heterocycles. The third-order valence-electron chi connectivity index (χ3n) is 4.22. The van der Waals surface area contributed by atoms with Crippen LogP contribution in [0.5, 0.6) is 0 Å². The molecule has 24 heavy (non-hydrogen) atoms. The number of nitrogens with one attached hydrogen (secondary N) is 3. The number of benzene rings is 2. The summed E-state index contributed by atoms with van der Waals surface area (Å²) in [5.41, 5.74) is 4.74. The lowest BCUT2D eigenvalue weighted by Crippen LogP contribution is -2.25. The molecule has 0 bridgehead atoms. The van der Waals surface area contributed by atoms with Crippen molar-refractivity contribution in [1.82, 2.24) is 20.3 Å². The van der Waals surface area contributed by atoms with Crippen LogP contribution in [0.15, 0.2) is 48.7 Å². The Hall–Kier alpha value is -3.08. The number of fused-ring (bicyclic) bond motifs is 2. The number of carbonyl (C=O) groups is 1. The minimum absolute atomic E-state index is 0.0657. The van der Waals surface area contributed by atoms with E-state index in [1.165, 1.54) is 10.9 Å². The van der Waals surface area contributed by atoms with E-state index in [1.54, 1.807) is 0 Å². The second kappa shape index (κ2) is 5.85. The highest BCUT2D eigenvalue weighted by atomic mass is 16.1. The fraction of sp³-hybridized carbons (Fsp3) is 0.158. The monoisotopic (exact) mass is 318 g/mol. The number of aryl methyl sites for hydroxylation is 1. The summed E-state index contributed by atoms with van der Waals surface area (Å²) in [7, 11) is 0. The quantitative estimate of drug-likeness (QED) is 0.540. The number of carbonyl (C=O) groups excluding carboxylic acids is 1. The molecule has 0 aliphatic heterocycles. The molecule has 0 spiro atoms. The van der Waals surface area contributed by atoms with E-state index in [0.717, 1.165) is 28.8 Å². The van der Waals surface area contributed by atoms with Crippen molar-refractivity contribution >= 4 is 27.8 Å². The number of amides is 1. The zero-order valence-corrected chi connectivity index (χ0v) is 13.4. The second-order valence-electron chi connectivity index (χ2n) is 5.92.